The second-order valence-electron chi connectivity index (χ2n) is 7.78. The minimum absolute atomic E-state index is 0.131. The summed E-state index contributed by atoms with van der Waals surface area (Å²) in [5, 5.41) is 10.4. The van der Waals surface area contributed by atoms with E-state index in [0.29, 0.717) is 11.7 Å². The lowest BCUT2D eigenvalue weighted by atomic mass is 9.64. The number of aliphatic hydroxyl groups is 1. The molecule has 110 valence electrons. The van der Waals surface area contributed by atoms with Crippen molar-refractivity contribution in [2.75, 3.05) is 0 Å². The van der Waals surface area contributed by atoms with E-state index in [0.717, 1.165) is 38.5 Å². The number of hydrogen-bond donors (Lipinski definition) is 1. The largest absolute Gasteiger partial charge is 0.393 e. The Labute approximate surface area is 118 Å². The average molecular weight is 266 g/mol. The lowest BCUT2D eigenvalue weighted by Crippen LogP contribution is -2.39. The van der Waals surface area contributed by atoms with Crippen LogP contribution >= 0.6 is 0 Å². The highest BCUT2D eigenvalue weighted by Gasteiger charge is 2.40. The average Bonchev–Trinajstić information content (AvgIpc) is 2.53. The molecule has 2 saturated carbocycles. The van der Waals surface area contributed by atoms with E-state index in [1.807, 2.05) is 0 Å². The molecule has 0 aromatic heterocycles. The van der Waals surface area contributed by atoms with Crippen molar-refractivity contribution in [3.63, 3.8) is 0 Å². The zero-order valence-electron chi connectivity index (χ0n) is 12.8. The Morgan fingerprint density at radius 3 is 2.42 bits per heavy atom. The van der Waals surface area contributed by atoms with Crippen molar-refractivity contribution in [1.29, 1.82) is 0 Å². The normalized spacial score (nSPS) is 38.0. The second kappa shape index (κ2) is 5.95. The molecule has 1 N–H and O–H groups in total. The maximum Gasteiger partial charge on any atom is 0.136 e. The molecule has 4 unspecified atom stereocenters. The summed E-state index contributed by atoms with van der Waals surface area (Å²) < 4.78 is 0. The van der Waals surface area contributed by atoms with Crippen molar-refractivity contribution in [2.45, 2.75) is 78.2 Å². The van der Waals surface area contributed by atoms with E-state index in [4.69, 9.17) is 0 Å². The summed E-state index contributed by atoms with van der Waals surface area (Å²) >= 11 is 0. The van der Waals surface area contributed by atoms with E-state index in [1.165, 1.54) is 12.8 Å². The van der Waals surface area contributed by atoms with Gasteiger partial charge in [0.25, 0.3) is 0 Å². The summed E-state index contributed by atoms with van der Waals surface area (Å²) in [5.74, 6) is 1.42. The summed E-state index contributed by atoms with van der Waals surface area (Å²) in [4.78, 5) is 12.3. The number of carbonyl (C=O) groups excluding carboxylic acids is 1. The first kappa shape index (κ1) is 15.0. The van der Waals surface area contributed by atoms with Crippen LogP contribution in [0.15, 0.2) is 0 Å². The number of Topliss-reactive ketones (excluding diaryl/α,β-unsaturated/α-hetero) is 1. The molecule has 0 saturated heterocycles. The SMILES string of the molecule is CC(C)(C)C1CCC(=O)C(C2CCCCCC2O)C1. The van der Waals surface area contributed by atoms with E-state index in [-0.39, 0.29) is 23.4 Å². The molecule has 2 aliphatic rings. The van der Waals surface area contributed by atoms with Gasteiger partial charge in [0, 0.05) is 12.3 Å². The minimum Gasteiger partial charge on any atom is -0.393 e. The van der Waals surface area contributed by atoms with Gasteiger partial charge in [-0.2, -0.15) is 0 Å². The molecule has 0 aliphatic heterocycles. The Balaban J connectivity index is 2.09. The highest BCUT2D eigenvalue weighted by atomic mass is 16.3. The van der Waals surface area contributed by atoms with Crippen LogP contribution in [-0.4, -0.2) is 17.0 Å². The maximum absolute atomic E-state index is 12.3. The standard InChI is InChI=1S/C17H30O2/c1-17(2,3)12-9-10-16(19)14(11-12)13-7-5-4-6-8-15(13)18/h12-15,18H,4-11H2,1-3H3. The molecule has 2 aliphatic carbocycles. The summed E-state index contributed by atoms with van der Waals surface area (Å²) in [6.45, 7) is 6.86. The van der Waals surface area contributed by atoms with E-state index in [2.05, 4.69) is 20.8 Å². The van der Waals surface area contributed by atoms with Gasteiger partial charge in [0.05, 0.1) is 6.10 Å². The fraction of sp³-hybridized carbons (Fsp3) is 0.941. The zero-order valence-corrected chi connectivity index (χ0v) is 12.8. The van der Waals surface area contributed by atoms with Crippen molar-refractivity contribution in [3.05, 3.63) is 0 Å². The van der Waals surface area contributed by atoms with Gasteiger partial charge >= 0.3 is 0 Å². The van der Waals surface area contributed by atoms with Crippen molar-refractivity contribution < 1.29 is 9.90 Å². The Bertz CT molecular complexity index is 316. The first-order chi connectivity index (χ1) is 8.89. The monoisotopic (exact) mass is 266 g/mol. The van der Waals surface area contributed by atoms with Crippen molar-refractivity contribution in [3.8, 4) is 0 Å². The molecule has 0 bridgehead atoms. The van der Waals surface area contributed by atoms with Crippen LogP contribution in [0, 0.1) is 23.2 Å². The number of carbonyl (C=O) groups is 1. The van der Waals surface area contributed by atoms with Crippen LogP contribution in [0.4, 0.5) is 0 Å². The van der Waals surface area contributed by atoms with Gasteiger partial charge in [-0.25, -0.2) is 0 Å². The molecule has 4 atom stereocenters. The fourth-order valence-corrected chi connectivity index (χ4v) is 4.04. The van der Waals surface area contributed by atoms with Gasteiger partial charge in [-0.3, -0.25) is 4.79 Å². The highest BCUT2D eigenvalue weighted by Crippen LogP contribution is 2.43. The summed E-state index contributed by atoms with van der Waals surface area (Å²) in [5.41, 5.74) is 0.286. The Kier molecular flexibility index (Phi) is 4.70. The van der Waals surface area contributed by atoms with E-state index in [9.17, 15) is 9.90 Å². The molecule has 2 heteroatoms. The third-order valence-electron chi connectivity index (χ3n) is 5.46. The van der Waals surface area contributed by atoms with Crippen LogP contribution in [0.5, 0.6) is 0 Å². The number of ketones is 1. The number of aliphatic hydroxyl groups excluding tert-OH is 1. The molecule has 2 rings (SSSR count). The molecular weight excluding hydrogens is 236 g/mol. The van der Waals surface area contributed by atoms with E-state index in [1.54, 1.807) is 0 Å². The smallest absolute Gasteiger partial charge is 0.136 e. The summed E-state index contributed by atoms with van der Waals surface area (Å²) in [6, 6.07) is 0. The van der Waals surface area contributed by atoms with Crippen LogP contribution in [0.3, 0.4) is 0 Å². The van der Waals surface area contributed by atoms with Crippen LogP contribution in [0.1, 0.15) is 72.1 Å². The van der Waals surface area contributed by atoms with Gasteiger partial charge < -0.3 is 5.11 Å². The number of rotatable bonds is 1. The third-order valence-corrected chi connectivity index (χ3v) is 5.46. The first-order valence-electron chi connectivity index (χ1n) is 8.10. The second-order valence-corrected chi connectivity index (χ2v) is 7.78. The molecule has 19 heavy (non-hydrogen) atoms. The predicted molar refractivity (Wildman–Crippen MR) is 77.9 cm³/mol. The van der Waals surface area contributed by atoms with Gasteiger partial charge in [-0.1, -0.05) is 40.0 Å². The minimum atomic E-state index is -0.241. The summed E-state index contributed by atoms with van der Waals surface area (Å²) in [7, 11) is 0. The van der Waals surface area contributed by atoms with Crippen LogP contribution in [-0.2, 0) is 4.79 Å². The Hall–Kier alpha value is -0.370. The van der Waals surface area contributed by atoms with Gasteiger partial charge in [0.1, 0.15) is 5.78 Å². The Morgan fingerprint density at radius 2 is 1.74 bits per heavy atom. The first-order valence-corrected chi connectivity index (χ1v) is 8.10. The molecule has 2 nitrogen and oxygen atoms in total. The van der Waals surface area contributed by atoms with Crippen LogP contribution < -0.4 is 0 Å². The van der Waals surface area contributed by atoms with Gasteiger partial charge in [-0.15, -0.1) is 0 Å². The molecule has 0 aromatic rings. The fourth-order valence-electron chi connectivity index (χ4n) is 4.04. The molecule has 0 aromatic carbocycles. The zero-order chi connectivity index (χ0) is 14.0. The molecule has 0 spiro atoms. The topological polar surface area (TPSA) is 37.3 Å². The van der Waals surface area contributed by atoms with Crippen LogP contribution in [0.2, 0.25) is 0 Å². The van der Waals surface area contributed by atoms with E-state index >= 15 is 0 Å². The van der Waals surface area contributed by atoms with Crippen LogP contribution in [0.25, 0.3) is 0 Å². The van der Waals surface area contributed by atoms with Crippen molar-refractivity contribution in [2.24, 2.45) is 23.2 Å². The van der Waals surface area contributed by atoms with Crippen molar-refractivity contribution >= 4 is 5.78 Å². The Morgan fingerprint density at radius 1 is 1.05 bits per heavy atom. The highest BCUT2D eigenvalue weighted by molar-refractivity contribution is 5.82. The molecule has 0 heterocycles. The molecular formula is C17H30O2. The lowest BCUT2D eigenvalue weighted by Gasteiger charge is -2.40. The summed E-state index contributed by atoms with van der Waals surface area (Å²) in [6.07, 6.45) is 8.02. The molecule has 0 amide bonds. The van der Waals surface area contributed by atoms with Gasteiger partial charge in [0.15, 0.2) is 0 Å². The van der Waals surface area contributed by atoms with E-state index < -0.39 is 0 Å². The third kappa shape index (κ3) is 3.59. The maximum atomic E-state index is 12.3. The number of hydrogen-bond acceptors (Lipinski definition) is 2. The van der Waals surface area contributed by atoms with Gasteiger partial charge in [0.2, 0.25) is 0 Å². The quantitative estimate of drug-likeness (QED) is 0.729. The van der Waals surface area contributed by atoms with Gasteiger partial charge in [-0.05, 0) is 42.9 Å². The molecule has 0 radical (unpaired) electrons. The lowest BCUT2D eigenvalue weighted by molar-refractivity contribution is -0.131. The van der Waals surface area contributed by atoms with Crippen molar-refractivity contribution in [1.82, 2.24) is 0 Å². The molecule has 2 fully saturated rings. The predicted octanol–water partition coefficient (Wildman–Crippen LogP) is 3.96.